The number of ether oxygens (including phenoxy) is 1. The molecule has 4 heteroatoms. The monoisotopic (exact) mass is 180 g/mol. The van der Waals surface area contributed by atoms with Crippen LogP contribution < -0.4 is 0 Å². The van der Waals surface area contributed by atoms with Crippen LogP contribution in [0, 0.1) is 0 Å². The maximum Gasteiger partial charge on any atom is 0.147 e. The first-order chi connectivity index (χ1) is 5.06. The molecule has 0 unspecified atom stereocenters. The molecular weight excluding hydrogens is 164 g/mol. The molecule has 0 spiro atoms. The number of unbranched alkanes of at least 4 members (excludes halogenated alkanes) is 1. The molecule has 0 N–H and O–H groups in total. The average molecular weight is 180 g/mol. The Labute approximate surface area is 68.7 Å². The Morgan fingerprint density at radius 1 is 1.27 bits per heavy atom. The fraction of sp³-hybridized carbons (Fsp3) is 1.00. The van der Waals surface area contributed by atoms with Crippen LogP contribution in [0.15, 0.2) is 0 Å². The lowest BCUT2D eigenvalue weighted by atomic mass is 10.4. The highest BCUT2D eigenvalue weighted by molar-refractivity contribution is 7.90. The Bertz CT molecular complexity index is 172. The third-order valence-electron chi connectivity index (χ3n) is 1.26. The molecule has 0 atom stereocenters. The van der Waals surface area contributed by atoms with E-state index in [4.69, 9.17) is 4.74 Å². The lowest BCUT2D eigenvalue weighted by Crippen LogP contribution is -2.04. The molecule has 0 aromatic heterocycles. The van der Waals surface area contributed by atoms with E-state index < -0.39 is 9.84 Å². The minimum absolute atomic E-state index is 0.278. The van der Waals surface area contributed by atoms with E-state index in [-0.39, 0.29) is 5.75 Å². The van der Waals surface area contributed by atoms with E-state index in [1.54, 1.807) is 0 Å². The molecule has 0 aliphatic heterocycles. The summed E-state index contributed by atoms with van der Waals surface area (Å²) in [6.07, 6.45) is 2.80. The van der Waals surface area contributed by atoms with Gasteiger partial charge in [-0.3, -0.25) is 0 Å². The summed E-state index contributed by atoms with van der Waals surface area (Å²) in [6, 6.07) is 0. The molecule has 0 aliphatic rings. The number of sulfone groups is 1. The molecule has 0 aromatic rings. The van der Waals surface area contributed by atoms with Crippen molar-refractivity contribution < 1.29 is 13.2 Å². The van der Waals surface area contributed by atoms with E-state index in [1.165, 1.54) is 6.26 Å². The van der Waals surface area contributed by atoms with Gasteiger partial charge >= 0.3 is 0 Å². The molecule has 0 bridgehead atoms. The van der Waals surface area contributed by atoms with Gasteiger partial charge in [-0.2, -0.15) is 0 Å². The smallest absolute Gasteiger partial charge is 0.147 e. The maximum atomic E-state index is 10.6. The van der Waals surface area contributed by atoms with Crippen molar-refractivity contribution >= 4 is 9.84 Å². The van der Waals surface area contributed by atoms with Crippen molar-refractivity contribution in [3.63, 3.8) is 0 Å². The first-order valence-electron chi connectivity index (χ1n) is 3.81. The molecule has 68 valence electrons. The molecule has 0 fully saturated rings. The normalized spacial score (nSPS) is 11.8. The standard InChI is InChI=1S/C7H16O3S/c1-3-10-6-4-5-7-11(2,8)9/h3-7H2,1-2H3. The fourth-order valence-electron chi connectivity index (χ4n) is 0.713. The second-order valence-electron chi connectivity index (χ2n) is 2.53. The highest BCUT2D eigenvalue weighted by atomic mass is 32.2. The van der Waals surface area contributed by atoms with Gasteiger partial charge in [0.05, 0.1) is 0 Å². The first kappa shape index (κ1) is 10.9. The highest BCUT2D eigenvalue weighted by Crippen LogP contribution is 1.94. The van der Waals surface area contributed by atoms with E-state index in [0.717, 1.165) is 6.42 Å². The van der Waals surface area contributed by atoms with Crippen LogP contribution in [0.1, 0.15) is 19.8 Å². The van der Waals surface area contributed by atoms with Crippen LogP contribution in [0.25, 0.3) is 0 Å². The Morgan fingerprint density at radius 3 is 2.36 bits per heavy atom. The maximum absolute atomic E-state index is 10.6. The molecule has 0 rings (SSSR count). The van der Waals surface area contributed by atoms with Gasteiger partial charge in [-0.25, -0.2) is 8.42 Å². The molecule has 0 saturated carbocycles. The van der Waals surface area contributed by atoms with Crippen molar-refractivity contribution in [3.8, 4) is 0 Å². The lowest BCUT2D eigenvalue weighted by molar-refractivity contribution is 0.144. The minimum Gasteiger partial charge on any atom is -0.382 e. The third-order valence-corrected chi connectivity index (χ3v) is 2.29. The first-order valence-corrected chi connectivity index (χ1v) is 5.88. The third kappa shape index (κ3) is 9.91. The molecule has 0 amide bonds. The zero-order chi connectivity index (χ0) is 8.74. The second-order valence-corrected chi connectivity index (χ2v) is 4.79. The Morgan fingerprint density at radius 2 is 1.91 bits per heavy atom. The van der Waals surface area contributed by atoms with Gasteiger partial charge in [0.2, 0.25) is 0 Å². The van der Waals surface area contributed by atoms with Crippen molar-refractivity contribution in [1.29, 1.82) is 0 Å². The van der Waals surface area contributed by atoms with Gasteiger partial charge in [0.25, 0.3) is 0 Å². The molecule has 0 heterocycles. The molecule has 0 saturated heterocycles. The van der Waals surface area contributed by atoms with Crippen molar-refractivity contribution in [2.75, 3.05) is 25.2 Å². The van der Waals surface area contributed by atoms with Crippen LogP contribution >= 0.6 is 0 Å². The minimum atomic E-state index is -2.77. The average Bonchev–Trinajstić information content (AvgIpc) is 1.85. The largest absolute Gasteiger partial charge is 0.382 e. The van der Waals surface area contributed by atoms with Crippen LogP contribution in [0.2, 0.25) is 0 Å². The van der Waals surface area contributed by atoms with Crippen LogP contribution in [0.3, 0.4) is 0 Å². The molecule has 11 heavy (non-hydrogen) atoms. The van der Waals surface area contributed by atoms with Crippen LogP contribution in [-0.2, 0) is 14.6 Å². The molecular formula is C7H16O3S. The van der Waals surface area contributed by atoms with Gasteiger partial charge in [0, 0.05) is 25.2 Å². The predicted octanol–water partition coefficient (Wildman–Crippen LogP) is 0.848. The molecule has 3 nitrogen and oxygen atoms in total. The lowest BCUT2D eigenvalue weighted by Gasteiger charge is -1.99. The fourth-order valence-corrected chi connectivity index (χ4v) is 1.44. The van der Waals surface area contributed by atoms with E-state index in [9.17, 15) is 8.42 Å². The zero-order valence-corrected chi connectivity index (χ0v) is 7.99. The van der Waals surface area contributed by atoms with Crippen molar-refractivity contribution in [3.05, 3.63) is 0 Å². The van der Waals surface area contributed by atoms with Crippen LogP contribution in [0.5, 0.6) is 0 Å². The summed E-state index contributed by atoms with van der Waals surface area (Å²) in [5.41, 5.74) is 0. The predicted molar refractivity (Wildman–Crippen MR) is 45.4 cm³/mol. The summed E-state index contributed by atoms with van der Waals surface area (Å²) in [5.74, 6) is 0.278. The van der Waals surface area contributed by atoms with Crippen molar-refractivity contribution in [2.45, 2.75) is 19.8 Å². The van der Waals surface area contributed by atoms with Gasteiger partial charge in [0.1, 0.15) is 9.84 Å². The Balaban J connectivity index is 3.16. The van der Waals surface area contributed by atoms with E-state index in [0.29, 0.717) is 19.6 Å². The summed E-state index contributed by atoms with van der Waals surface area (Å²) >= 11 is 0. The van der Waals surface area contributed by atoms with E-state index in [1.807, 2.05) is 6.92 Å². The Hall–Kier alpha value is -0.0900. The Kier molecular flexibility index (Phi) is 5.50. The van der Waals surface area contributed by atoms with Crippen molar-refractivity contribution in [1.82, 2.24) is 0 Å². The van der Waals surface area contributed by atoms with Gasteiger partial charge in [-0.05, 0) is 19.8 Å². The van der Waals surface area contributed by atoms with Gasteiger partial charge in [-0.1, -0.05) is 0 Å². The quantitative estimate of drug-likeness (QED) is 0.569. The molecule has 0 radical (unpaired) electrons. The summed E-state index contributed by atoms with van der Waals surface area (Å²) < 4.78 is 26.3. The molecule has 0 aromatic carbocycles. The second kappa shape index (κ2) is 5.55. The van der Waals surface area contributed by atoms with E-state index >= 15 is 0 Å². The van der Waals surface area contributed by atoms with Gasteiger partial charge < -0.3 is 4.74 Å². The van der Waals surface area contributed by atoms with Gasteiger partial charge in [0.15, 0.2) is 0 Å². The molecule has 0 aliphatic carbocycles. The number of rotatable bonds is 6. The summed E-state index contributed by atoms with van der Waals surface area (Å²) in [5, 5.41) is 0. The van der Waals surface area contributed by atoms with Crippen LogP contribution in [0.4, 0.5) is 0 Å². The van der Waals surface area contributed by atoms with Crippen molar-refractivity contribution in [2.24, 2.45) is 0 Å². The summed E-state index contributed by atoms with van der Waals surface area (Å²) in [7, 11) is -2.77. The SMILES string of the molecule is CCOCCCCS(C)(=O)=O. The van der Waals surface area contributed by atoms with E-state index in [2.05, 4.69) is 0 Å². The summed E-state index contributed by atoms with van der Waals surface area (Å²) in [6.45, 7) is 3.31. The highest BCUT2D eigenvalue weighted by Gasteiger charge is 2.00. The number of hydrogen-bond acceptors (Lipinski definition) is 3. The van der Waals surface area contributed by atoms with Gasteiger partial charge in [-0.15, -0.1) is 0 Å². The zero-order valence-electron chi connectivity index (χ0n) is 7.17. The number of hydrogen-bond donors (Lipinski definition) is 0. The van der Waals surface area contributed by atoms with Crippen LogP contribution in [-0.4, -0.2) is 33.6 Å². The summed E-state index contributed by atoms with van der Waals surface area (Å²) in [4.78, 5) is 0. The topological polar surface area (TPSA) is 43.4 Å².